The van der Waals surface area contributed by atoms with E-state index in [1.54, 1.807) is 56.0 Å². The minimum Gasteiger partial charge on any atom is -0.462 e. The smallest absolute Gasteiger partial charge is 0.462 e. The van der Waals surface area contributed by atoms with E-state index in [1.165, 1.54) is 39.5 Å². The molecule has 0 aliphatic heterocycles. The lowest BCUT2D eigenvalue weighted by Gasteiger charge is -2.06. The fourth-order valence-corrected chi connectivity index (χ4v) is 4.10. The molecule has 206 valence electrons. The number of esters is 2. The lowest BCUT2D eigenvalue weighted by molar-refractivity contribution is 0.0514. The van der Waals surface area contributed by atoms with E-state index in [0.717, 1.165) is 0 Å². The highest BCUT2D eigenvalue weighted by Crippen LogP contribution is 2.10. The van der Waals surface area contributed by atoms with E-state index in [0.29, 0.717) is 22.5 Å². The zero-order valence-corrected chi connectivity index (χ0v) is 23.2. The molecule has 0 saturated heterocycles. The van der Waals surface area contributed by atoms with Crippen LogP contribution in [0.1, 0.15) is 46.0 Å². The maximum absolute atomic E-state index is 12.1. The van der Waals surface area contributed by atoms with Gasteiger partial charge in [0.05, 0.1) is 30.3 Å². The summed E-state index contributed by atoms with van der Waals surface area (Å²) in [7, 11) is -1.30. The summed E-state index contributed by atoms with van der Waals surface area (Å²) in [4.78, 5) is 46.0. The number of H-pyrrole nitrogens is 1. The minimum absolute atomic E-state index is 0.00523. The first-order valence-electron chi connectivity index (χ1n) is 11.5. The first-order valence-corrected chi connectivity index (χ1v) is 13.4. The number of aryl methyl sites for hydroxylation is 2. The van der Waals surface area contributed by atoms with Crippen molar-refractivity contribution in [3.05, 3.63) is 89.0 Å². The van der Waals surface area contributed by atoms with Gasteiger partial charge in [0.15, 0.2) is 0 Å². The van der Waals surface area contributed by atoms with Crippen molar-refractivity contribution in [1.82, 2.24) is 20.0 Å². The molecule has 0 amide bonds. The molecule has 15 heteroatoms. The number of thiophene rings is 2. The molecule has 4 aromatic heterocycles. The third-order valence-corrected chi connectivity index (χ3v) is 5.92. The number of aromatic nitrogens is 4. The molecule has 0 bridgehead atoms. The van der Waals surface area contributed by atoms with Gasteiger partial charge in [-0.2, -0.15) is 37.6 Å². The second-order valence-electron chi connectivity index (χ2n) is 7.52. The van der Waals surface area contributed by atoms with Gasteiger partial charge in [0, 0.05) is 5.38 Å². The van der Waals surface area contributed by atoms with Crippen molar-refractivity contribution in [2.24, 2.45) is 0 Å². The molecule has 0 aliphatic carbocycles. The molecule has 0 atom stereocenters. The van der Waals surface area contributed by atoms with E-state index in [1.807, 2.05) is 5.38 Å². The molecular formula is C24H27BN4O8S2. The van der Waals surface area contributed by atoms with Crippen LogP contribution in [0.25, 0.3) is 5.69 Å². The third-order valence-electron chi connectivity index (χ3n) is 4.55. The van der Waals surface area contributed by atoms with Gasteiger partial charge in [0.25, 0.3) is 11.1 Å². The molecule has 4 rings (SSSR count). The van der Waals surface area contributed by atoms with Crippen molar-refractivity contribution >= 4 is 47.2 Å². The van der Waals surface area contributed by atoms with Gasteiger partial charge in [-0.15, -0.1) is 0 Å². The molecule has 0 unspecified atom stereocenters. The molecule has 4 aromatic rings. The summed E-state index contributed by atoms with van der Waals surface area (Å²) in [6.45, 7) is 7.27. The van der Waals surface area contributed by atoms with Crippen LogP contribution in [-0.2, 0) is 9.47 Å². The van der Waals surface area contributed by atoms with Crippen molar-refractivity contribution < 1.29 is 29.1 Å². The number of hydrogen-bond donors (Lipinski definition) is 3. The summed E-state index contributed by atoms with van der Waals surface area (Å²) in [6, 6.07) is 6.29. The van der Waals surface area contributed by atoms with Crippen molar-refractivity contribution in [3.63, 3.8) is 0 Å². The molecule has 0 aliphatic rings. The predicted molar refractivity (Wildman–Crippen MR) is 148 cm³/mol. The predicted octanol–water partition coefficient (Wildman–Crippen LogP) is 1.46. The average Bonchev–Trinajstić information content (AvgIpc) is 3.63. The van der Waals surface area contributed by atoms with Crippen molar-refractivity contribution in [2.45, 2.75) is 27.7 Å². The molecular weight excluding hydrogens is 547 g/mol. The second-order valence-corrected chi connectivity index (χ2v) is 9.08. The molecule has 39 heavy (non-hydrogen) atoms. The van der Waals surface area contributed by atoms with Crippen LogP contribution in [0, 0.1) is 13.8 Å². The minimum atomic E-state index is -1.30. The monoisotopic (exact) mass is 574 g/mol. The summed E-state index contributed by atoms with van der Waals surface area (Å²) in [6.07, 6.45) is 0. The molecule has 0 spiro atoms. The van der Waals surface area contributed by atoms with Gasteiger partial charge >= 0.3 is 19.1 Å². The van der Waals surface area contributed by atoms with Crippen LogP contribution < -0.4 is 16.6 Å². The van der Waals surface area contributed by atoms with Crippen molar-refractivity contribution in [3.8, 4) is 5.69 Å². The zero-order chi connectivity index (χ0) is 28.9. The number of ether oxygens (including phenoxy) is 2. The zero-order valence-electron chi connectivity index (χ0n) is 21.6. The number of carbonyl (C=O) groups is 2. The number of carbonyl (C=O) groups excluding carboxylic acids is 2. The first kappa shape index (κ1) is 31.3. The van der Waals surface area contributed by atoms with Crippen molar-refractivity contribution in [2.75, 3.05) is 13.2 Å². The van der Waals surface area contributed by atoms with Gasteiger partial charge in [0.1, 0.15) is 11.1 Å². The molecule has 0 radical (unpaired) electrons. The topological polar surface area (TPSA) is 174 Å². The Morgan fingerprint density at radius 2 is 1.54 bits per heavy atom. The summed E-state index contributed by atoms with van der Waals surface area (Å²) < 4.78 is 10.8. The summed E-state index contributed by atoms with van der Waals surface area (Å²) in [5.74, 6) is -1.23. The van der Waals surface area contributed by atoms with Crippen LogP contribution in [0.5, 0.6) is 0 Å². The molecule has 4 heterocycles. The van der Waals surface area contributed by atoms with Gasteiger partial charge in [-0.1, -0.05) is 6.07 Å². The Labute approximate surface area is 231 Å². The lowest BCUT2D eigenvalue weighted by Crippen LogP contribution is -2.28. The second kappa shape index (κ2) is 15.5. The Bertz CT molecular complexity index is 1470. The Morgan fingerprint density at radius 3 is 2.05 bits per heavy atom. The van der Waals surface area contributed by atoms with Crippen LogP contribution in [0.15, 0.2) is 55.4 Å². The highest BCUT2D eigenvalue weighted by atomic mass is 32.1. The molecule has 12 nitrogen and oxygen atoms in total. The highest BCUT2D eigenvalue weighted by molar-refractivity contribution is 7.09. The van der Waals surface area contributed by atoms with Gasteiger partial charge in [-0.05, 0) is 67.5 Å². The van der Waals surface area contributed by atoms with Crippen LogP contribution in [0.3, 0.4) is 0 Å². The SMILES string of the molecule is CCOC(=O)c1cc(C)n[nH]c1=O.CCOC(=O)c1cc(C)nn(-c2ccsc2)c1=O.OB(O)c1ccsc1. The Kier molecular flexibility index (Phi) is 12.4. The number of rotatable bonds is 6. The van der Waals surface area contributed by atoms with Gasteiger partial charge in [0.2, 0.25) is 0 Å². The average molecular weight is 574 g/mol. The quantitative estimate of drug-likeness (QED) is 0.226. The Balaban J connectivity index is 0.000000222. The van der Waals surface area contributed by atoms with Crippen LogP contribution in [0.2, 0.25) is 0 Å². The van der Waals surface area contributed by atoms with Crippen molar-refractivity contribution in [1.29, 1.82) is 0 Å². The number of nitrogens with zero attached hydrogens (tertiary/aromatic N) is 3. The number of nitrogens with one attached hydrogen (secondary N) is 1. The Hall–Kier alpha value is -3.92. The Morgan fingerprint density at radius 1 is 0.949 bits per heavy atom. The van der Waals surface area contributed by atoms with Crippen LogP contribution in [-0.4, -0.2) is 62.3 Å². The fraction of sp³-hybridized carbons (Fsp3) is 0.250. The van der Waals surface area contributed by atoms with Gasteiger partial charge < -0.3 is 19.5 Å². The first-order chi connectivity index (χ1) is 18.6. The maximum Gasteiger partial charge on any atom is 0.489 e. The van der Waals surface area contributed by atoms with E-state index in [9.17, 15) is 19.2 Å². The summed E-state index contributed by atoms with van der Waals surface area (Å²) in [5, 5.41) is 34.0. The van der Waals surface area contributed by atoms with E-state index < -0.39 is 30.2 Å². The highest BCUT2D eigenvalue weighted by Gasteiger charge is 2.16. The van der Waals surface area contributed by atoms with Crippen LogP contribution in [0.4, 0.5) is 0 Å². The van der Waals surface area contributed by atoms with E-state index in [2.05, 4.69) is 20.0 Å². The van der Waals surface area contributed by atoms with Gasteiger partial charge in [-0.25, -0.2) is 14.7 Å². The lowest BCUT2D eigenvalue weighted by atomic mass is 9.83. The van der Waals surface area contributed by atoms with Crippen LogP contribution >= 0.6 is 22.7 Å². The van der Waals surface area contributed by atoms with E-state index in [4.69, 9.17) is 14.8 Å². The largest absolute Gasteiger partial charge is 0.489 e. The fourth-order valence-electron chi connectivity index (χ4n) is 2.81. The van der Waals surface area contributed by atoms with E-state index >= 15 is 0 Å². The summed E-state index contributed by atoms with van der Waals surface area (Å²) in [5.41, 5.74) is 1.40. The molecule has 0 fully saturated rings. The normalized spacial score (nSPS) is 9.90. The molecule has 0 aromatic carbocycles. The molecule has 3 N–H and O–H groups in total. The summed E-state index contributed by atoms with van der Waals surface area (Å²) >= 11 is 2.91. The standard InChI is InChI=1S/C12H12N2O3S.C8H10N2O3.C4H5BO2S/c1-3-17-12(16)10-6-8(2)13-14(11(10)15)9-4-5-18-7-9;1-3-13-8(12)6-4-5(2)9-10-7(6)11;6-5(7)4-1-2-8-3-4/h4-7H,3H2,1-2H3;4H,3H2,1-2H3,(H,10,11);1-3,6-7H. The third kappa shape index (κ3) is 9.40. The number of aromatic amines is 1. The van der Waals surface area contributed by atoms with Gasteiger partial charge in [-0.3, -0.25) is 9.59 Å². The van der Waals surface area contributed by atoms with E-state index in [-0.39, 0.29) is 24.3 Å². The molecule has 0 saturated carbocycles. The maximum atomic E-state index is 12.1. The number of hydrogen-bond acceptors (Lipinski definition) is 12.